The maximum atomic E-state index is 12.6. The van der Waals surface area contributed by atoms with Crippen molar-refractivity contribution < 1.29 is 14.3 Å². The molecule has 146 valence electrons. The summed E-state index contributed by atoms with van der Waals surface area (Å²) in [5, 5.41) is 3.52. The van der Waals surface area contributed by atoms with Crippen LogP contribution in [0.25, 0.3) is 0 Å². The highest BCUT2D eigenvalue weighted by Crippen LogP contribution is 2.35. The van der Waals surface area contributed by atoms with Crippen molar-refractivity contribution in [3.05, 3.63) is 88.4 Å². The van der Waals surface area contributed by atoms with Crippen LogP contribution in [0.5, 0.6) is 5.75 Å². The molecule has 4 rings (SSSR count). The van der Waals surface area contributed by atoms with Crippen LogP contribution in [0.3, 0.4) is 0 Å². The van der Waals surface area contributed by atoms with Gasteiger partial charge in [-0.3, -0.25) is 9.59 Å². The summed E-state index contributed by atoms with van der Waals surface area (Å²) < 4.78 is 5.56. The number of nitrogens with zero attached hydrogens (tertiary/aromatic N) is 1. The number of carbonyl (C=O) groups is 2. The van der Waals surface area contributed by atoms with Gasteiger partial charge in [0.15, 0.2) is 6.61 Å². The first kappa shape index (κ1) is 19.0. The van der Waals surface area contributed by atoms with E-state index in [1.54, 1.807) is 35.2 Å². The van der Waals surface area contributed by atoms with Crippen LogP contribution < -0.4 is 15.0 Å². The van der Waals surface area contributed by atoms with Gasteiger partial charge in [0.2, 0.25) is 0 Å². The molecule has 3 aromatic carbocycles. The Hall–Kier alpha value is -3.31. The number of anilines is 2. The number of carbonyl (C=O) groups excluding carboxylic acids is 2. The van der Waals surface area contributed by atoms with Crippen molar-refractivity contribution in [2.24, 2.45) is 0 Å². The van der Waals surface area contributed by atoms with Crippen molar-refractivity contribution in [3.63, 3.8) is 0 Å². The molecular weight excluding hydrogens is 388 g/mol. The average molecular weight is 407 g/mol. The van der Waals surface area contributed by atoms with E-state index in [4.69, 9.17) is 16.3 Å². The van der Waals surface area contributed by atoms with Gasteiger partial charge in [0.1, 0.15) is 5.75 Å². The molecule has 0 atom stereocenters. The highest BCUT2D eigenvalue weighted by atomic mass is 35.5. The van der Waals surface area contributed by atoms with Gasteiger partial charge in [-0.1, -0.05) is 41.9 Å². The Balaban J connectivity index is 1.62. The molecule has 1 N–H and O–H groups in total. The van der Waals surface area contributed by atoms with Crippen LogP contribution in [0, 0.1) is 6.92 Å². The second kappa shape index (κ2) is 7.97. The zero-order valence-corrected chi connectivity index (χ0v) is 16.6. The summed E-state index contributed by atoms with van der Waals surface area (Å²) in [6.45, 7) is 2.23. The molecular formula is C23H19ClN2O3. The Bertz CT molecular complexity index is 1100. The van der Waals surface area contributed by atoms with E-state index in [-0.39, 0.29) is 18.4 Å². The fraction of sp³-hybridized carbons (Fsp3) is 0.130. The normalized spacial score (nSPS) is 12.9. The molecule has 5 nitrogen and oxygen atoms in total. The Labute approximate surface area is 173 Å². The Morgan fingerprint density at radius 2 is 1.93 bits per heavy atom. The first-order chi connectivity index (χ1) is 14.0. The highest BCUT2D eigenvalue weighted by Gasteiger charge is 2.26. The molecule has 0 spiro atoms. The fourth-order valence-electron chi connectivity index (χ4n) is 3.30. The largest absolute Gasteiger partial charge is 0.482 e. The second-order valence-electron chi connectivity index (χ2n) is 6.85. The summed E-state index contributed by atoms with van der Waals surface area (Å²) in [5.41, 5.74) is 3.61. The predicted octanol–water partition coefficient (Wildman–Crippen LogP) is 4.83. The summed E-state index contributed by atoms with van der Waals surface area (Å²) in [7, 11) is 0. The minimum Gasteiger partial charge on any atom is -0.482 e. The molecule has 0 bridgehead atoms. The lowest BCUT2D eigenvalue weighted by molar-refractivity contribution is -0.121. The predicted molar refractivity (Wildman–Crippen MR) is 114 cm³/mol. The van der Waals surface area contributed by atoms with E-state index in [9.17, 15) is 9.59 Å². The number of nitrogens with one attached hydrogen (secondary N) is 1. The third-order valence-electron chi connectivity index (χ3n) is 4.78. The molecule has 0 aromatic heterocycles. The van der Waals surface area contributed by atoms with Crippen molar-refractivity contribution in [2.75, 3.05) is 16.8 Å². The molecule has 1 heterocycles. The minimum absolute atomic E-state index is 0.0253. The molecule has 0 aliphatic carbocycles. The number of halogens is 1. The molecule has 1 aliphatic rings. The van der Waals surface area contributed by atoms with Crippen LogP contribution in [0.2, 0.25) is 5.02 Å². The lowest BCUT2D eigenvalue weighted by Gasteiger charge is -2.30. The third-order valence-corrected chi connectivity index (χ3v) is 5.01. The fourth-order valence-corrected chi connectivity index (χ4v) is 3.51. The molecule has 1 aliphatic heterocycles. The van der Waals surface area contributed by atoms with Crippen molar-refractivity contribution in [3.8, 4) is 5.75 Å². The minimum atomic E-state index is -0.201. The zero-order chi connectivity index (χ0) is 20.4. The molecule has 2 amide bonds. The van der Waals surface area contributed by atoms with E-state index in [0.717, 1.165) is 11.1 Å². The molecule has 0 saturated carbocycles. The number of rotatable bonds is 4. The average Bonchev–Trinajstić information content (AvgIpc) is 2.70. The standard InChI is InChI=1S/C23H19ClN2O3/c1-15-5-2-3-8-19(15)23(28)25-18-9-10-21-20(12-18)26(22(27)14-29-21)13-16-6-4-7-17(24)11-16/h2-12H,13-14H2,1H3,(H,25,28). The van der Waals surface area contributed by atoms with Gasteiger partial charge in [0, 0.05) is 16.3 Å². The van der Waals surface area contributed by atoms with Gasteiger partial charge in [-0.15, -0.1) is 0 Å². The van der Waals surface area contributed by atoms with Crippen LogP contribution in [-0.2, 0) is 11.3 Å². The second-order valence-corrected chi connectivity index (χ2v) is 7.29. The Morgan fingerprint density at radius 1 is 1.10 bits per heavy atom. The third kappa shape index (κ3) is 4.10. The number of fused-ring (bicyclic) bond motifs is 1. The van der Waals surface area contributed by atoms with Gasteiger partial charge >= 0.3 is 0 Å². The SMILES string of the molecule is Cc1ccccc1C(=O)Nc1ccc2c(c1)N(Cc1cccc(Cl)c1)C(=O)CO2. The summed E-state index contributed by atoms with van der Waals surface area (Å²) in [6, 6.07) is 20.1. The Kier molecular flexibility index (Phi) is 5.23. The first-order valence-electron chi connectivity index (χ1n) is 9.20. The van der Waals surface area contributed by atoms with E-state index in [1.807, 2.05) is 43.3 Å². The van der Waals surface area contributed by atoms with Gasteiger partial charge < -0.3 is 15.0 Å². The Morgan fingerprint density at radius 3 is 2.72 bits per heavy atom. The summed E-state index contributed by atoms with van der Waals surface area (Å²) in [5.74, 6) is 0.243. The maximum Gasteiger partial charge on any atom is 0.265 e. The van der Waals surface area contributed by atoms with E-state index in [0.29, 0.717) is 34.3 Å². The summed E-state index contributed by atoms with van der Waals surface area (Å²) in [6.07, 6.45) is 0. The van der Waals surface area contributed by atoms with Crippen molar-refractivity contribution in [1.82, 2.24) is 0 Å². The quantitative estimate of drug-likeness (QED) is 0.675. The summed E-state index contributed by atoms with van der Waals surface area (Å²) in [4.78, 5) is 26.8. The summed E-state index contributed by atoms with van der Waals surface area (Å²) >= 11 is 6.08. The number of ether oxygens (including phenoxy) is 1. The molecule has 0 radical (unpaired) electrons. The van der Waals surface area contributed by atoms with Crippen molar-refractivity contribution in [2.45, 2.75) is 13.5 Å². The lowest BCUT2D eigenvalue weighted by atomic mass is 10.1. The van der Waals surface area contributed by atoms with Crippen LogP contribution in [-0.4, -0.2) is 18.4 Å². The molecule has 29 heavy (non-hydrogen) atoms. The molecule has 0 unspecified atom stereocenters. The van der Waals surface area contributed by atoms with Crippen molar-refractivity contribution in [1.29, 1.82) is 0 Å². The maximum absolute atomic E-state index is 12.6. The topological polar surface area (TPSA) is 58.6 Å². The number of aryl methyl sites for hydroxylation is 1. The zero-order valence-electron chi connectivity index (χ0n) is 15.8. The van der Waals surface area contributed by atoms with E-state index < -0.39 is 0 Å². The molecule has 0 fully saturated rings. The monoisotopic (exact) mass is 406 g/mol. The van der Waals surface area contributed by atoms with Crippen LogP contribution in [0.1, 0.15) is 21.5 Å². The van der Waals surface area contributed by atoms with Gasteiger partial charge in [-0.2, -0.15) is 0 Å². The van der Waals surface area contributed by atoms with Gasteiger partial charge in [0.25, 0.3) is 11.8 Å². The number of hydrogen-bond donors (Lipinski definition) is 1. The van der Waals surface area contributed by atoms with Gasteiger partial charge in [0.05, 0.1) is 12.2 Å². The van der Waals surface area contributed by atoms with Crippen molar-refractivity contribution >= 4 is 34.8 Å². The smallest absolute Gasteiger partial charge is 0.265 e. The van der Waals surface area contributed by atoms with E-state index in [2.05, 4.69) is 5.32 Å². The number of amides is 2. The van der Waals surface area contributed by atoms with E-state index in [1.165, 1.54) is 0 Å². The van der Waals surface area contributed by atoms with Gasteiger partial charge in [-0.25, -0.2) is 0 Å². The number of benzene rings is 3. The first-order valence-corrected chi connectivity index (χ1v) is 9.58. The highest BCUT2D eigenvalue weighted by molar-refractivity contribution is 6.30. The lowest BCUT2D eigenvalue weighted by Crippen LogP contribution is -2.38. The molecule has 0 saturated heterocycles. The number of hydrogen-bond acceptors (Lipinski definition) is 3. The molecule has 3 aromatic rings. The van der Waals surface area contributed by atoms with Crippen LogP contribution in [0.15, 0.2) is 66.7 Å². The van der Waals surface area contributed by atoms with Crippen LogP contribution in [0.4, 0.5) is 11.4 Å². The van der Waals surface area contributed by atoms with E-state index >= 15 is 0 Å². The van der Waals surface area contributed by atoms with Gasteiger partial charge in [-0.05, 0) is 54.4 Å². The molecule has 6 heteroatoms. The van der Waals surface area contributed by atoms with Crippen LogP contribution >= 0.6 is 11.6 Å².